The molecule has 13 nitrogen and oxygen atoms in total. The fourth-order valence-corrected chi connectivity index (χ4v) is 7.26. The number of amides is 1. The Morgan fingerprint density at radius 3 is 2.61 bits per heavy atom. The third kappa shape index (κ3) is 4.51. The zero-order valence-corrected chi connectivity index (χ0v) is 23.3. The number of alkyl halides is 2. The predicted octanol–water partition coefficient (Wildman–Crippen LogP) is 3.27. The molecule has 1 saturated heterocycles. The summed E-state index contributed by atoms with van der Waals surface area (Å²) in [5.74, 6) is 0.483. The van der Waals surface area contributed by atoms with E-state index in [1.54, 1.807) is 13.0 Å². The Kier molecular flexibility index (Phi) is 6.32. The first-order valence-electron chi connectivity index (χ1n) is 12.6. The zero-order valence-electron chi connectivity index (χ0n) is 21.7. The first-order valence-corrected chi connectivity index (χ1v) is 14.9. The van der Waals surface area contributed by atoms with Gasteiger partial charge in [0.15, 0.2) is 10.7 Å². The number of halogens is 2. The van der Waals surface area contributed by atoms with Crippen molar-refractivity contribution < 1.29 is 27.1 Å². The summed E-state index contributed by atoms with van der Waals surface area (Å²) in [4.78, 5) is 23.9. The first-order chi connectivity index (χ1) is 19.4. The average molecular weight is 604 g/mol. The Bertz CT molecular complexity index is 1850. The number of nitrogens with zero attached hydrogens (tertiary/aromatic N) is 8. The maximum Gasteiger partial charge on any atom is 0.407 e. The number of hydrogen-bond donors (Lipinski definition) is 2. The number of benzene rings is 1. The number of carbonyl (C=O) groups is 1. The van der Waals surface area contributed by atoms with Crippen molar-refractivity contribution >= 4 is 55.2 Å². The monoisotopic (exact) mass is 603 g/mol. The molecule has 1 amide bonds. The van der Waals surface area contributed by atoms with Gasteiger partial charge in [0.1, 0.15) is 17.7 Å². The van der Waals surface area contributed by atoms with E-state index in [4.69, 9.17) is 0 Å². The molecule has 2 atom stereocenters. The number of carboxylic acid groups (broad SMARTS) is 1. The number of hydrogen-bond acceptors (Lipinski definition) is 10. The minimum Gasteiger partial charge on any atom is -0.465 e. The van der Waals surface area contributed by atoms with Crippen LogP contribution in [0.25, 0.3) is 27.1 Å². The third-order valence-corrected chi connectivity index (χ3v) is 9.86. The molecule has 41 heavy (non-hydrogen) atoms. The number of anilines is 1. The summed E-state index contributed by atoms with van der Waals surface area (Å²) in [5, 5.41) is 27.1. The molecule has 1 aliphatic carbocycles. The van der Waals surface area contributed by atoms with Crippen molar-refractivity contribution in [2.24, 2.45) is 0 Å². The number of nitriles is 1. The molecule has 3 aromatic heterocycles. The van der Waals surface area contributed by atoms with Gasteiger partial charge in [-0.05, 0) is 38.8 Å². The fraction of sp³-hybridized carbons (Fsp3) is 0.417. The standard InChI is InChI=1S/C24H23F2N9O4S2/c1-12-9-34(23(36)37)13(2)8-33(12)19-17-15-4-3-14(41(38,39)32-24(10-27)5-6-24)7-16(15)35(20(17)29-11-28-19)22-31-30-21(40-22)18(25)26/h3-4,7,11-13,18,32H,5-6,8-9H2,1-2H3,(H,36,37)/t12-,13+/m1/s1. The summed E-state index contributed by atoms with van der Waals surface area (Å²) >= 11 is 0.648. The molecule has 2 aliphatic rings. The number of piperazine rings is 1. The molecule has 4 heterocycles. The molecule has 0 unspecified atom stereocenters. The molecule has 0 spiro atoms. The highest BCUT2D eigenvalue weighted by Gasteiger charge is 2.47. The van der Waals surface area contributed by atoms with E-state index in [1.807, 2.05) is 17.9 Å². The topological polar surface area (TPSA) is 170 Å². The molecule has 0 bridgehead atoms. The van der Waals surface area contributed by atoms with E-state index in [2.05, 4.69) is 24.9 Å². The van der Waals surface area contributed by atoms with Crippen LogP contribution >= 0.6 is 11.3 Å². The maximum atomic E-state index is 13.4. The van der Waals surface area contributed by atoms with Gasteiger partial charge in [-0.3, -0.25) is 4.57 Å². The normalized spacial score (nSPS) is 20.6. The summed E-state index contributed by atoms with van der Waals surface area (Å²) in [6.07, 6.45) is -1.76. The molecule has 6 rings (SSSR count). The van der Waals surface area contributed by atoms with Crippen LogP contribution in [0.5, 0.6) is 0 Å². The van der Waals surface area contributed by atoms with Crippen LogP contribution in [-0.4, -0.2) is 80.0 Å². The number of nitrogens with one attached hydrogen (secondary N) is 1. The largest absolute Gasteiger partial charge is 0.465 e. The lowest BCUT2D eigenvalue weighted by atomic mass is 10.1. The van der Waals surface area contributed by atoms with E-state index >= 15 is 0 Å². The van der Waals surface area contributed by atoms with E-state index in [0.717, 1.165) is 0 Å². The van der Waals surface area contributed by atoms with Crippen molar-refractivity contribution in [1.29, 1.82) is 5.26 Å². The molecular weight excluding hydrogens is 580 g/mol. The van der Waals surface area contributed by atoms with Crippen molar-refractivity contribution in [2.45, 2.75) is 55.6 Å². The minimum absolute atomic E-state index is 0.0558. The Morgan fingerprint density at radius 2 is 1.98 bits per heavy atom. The molecule has 4 aromatic rings. The van der Waals surface area contributed by atoms with E-state index in [1.165, 1.54) is 27.9 Å². The second-order valence-electron chi connectivity index (χ2n) is 10.2. The molecule has 2 fully saturated rings. The van der Waals surface area contributed by atoms with Crippen LogP contribution in [0.1, 0.15) is 38.1 Å². The van der Waals surface area contributed by atoms with Gasteiger partial charge in [-0.15, -0.1) is 10.2 Å². The fourth-order valence-electron chi connectivity index (χ4n) is 5.15. The number of sulfonamides is 1. The quantitative estimate of drug-likeness (QED) is 0.333. The van der Waals surface area contributed by atoms with Crippen molar-refractivity contribution in [3.8, 4) is 11.2 Å². The van der Waals surface area contributed by atoms with Crippen molar-refractivity contribution in [1.82, 2.24) is 34.4 Å². The lowest BCUT2D eigenvalue weighted by Gasteiger charge is -2.43. The molecular formula is C24H23F2N9O4S2. The second-order valence-corrected chi connectivity index (χ2v) is 12.9. The van der Waals surface area contributed by atoms with Gasteiger partial charge in [-0.25, -0.2) is 32.0 Å². The molecule has 2 N–H and O–H groups in total. The van der Waals surface area contributed by atoms with Crippen LogP contribution in [0.15, 0.2) is 29.4 Å². The number of fused-ring (bicyclic) bond motifs is 3. The highest BCUT2D eigenvalue weighted by molar-refractivity contribution is 7.89. The Hall–Kier alpha value is -4.01. The van der Waals surface area contributed by atoms with Gasteiger partial charge in [0.25, 0.3) is 6.43 Å². The van der Waals surface area contributed by atoms with E-state index < -0.39 is 33.1 Å². The van der Waals surface area contributed by atoms with Crippen LogP contribution in [0, 0.1) is 11.3 Å². The lowest BCUT2D eigenvalue weighted by Crippen LogP contribution is -2.58. The Labute approximate surface area is 236 Å². The van der Waals surface area contributed by atoms with Gasteiger partial charge in [0.2, 0.25) is 15.2 Å². The highest BCUT2D eigenvalue weighted by Crippen LogP contribution is 2.40. The Morgan fingerprint density at radius 1 is 1.22 bits per heavy atom. The van der Waals surface area contributed by atoms with Gasteiger partial charge in [0.05, 0.1) is 21.9 Å². The van der Waals surface area contributed by atoms with Crippen LogP contribution in [0.3, 0.4) is 0 Å². The lowest BCUT2D eigenvalue weighted by molar-refractivity contribution is 0.114. The molecule has 1 saturated carbocycles. The van der Waals surface area contributed by atoms with Crippen LogP contribution in [0.2, 0.25) is 0 Å². The molecule has 1 aromatic carbocycles. The van der Waals surface area contributed by atoms with E-state index in [9.17, 15) is 32.4 Å². The Balaban J connectivity index is 1.56. The number of aromatic nitrogens is 5. The van der Waals surface area contributed by atoms with Gasteiger partial charge in [0, 0.05) is 30.6 Å². The van der Waals surface area contributed by atoms with Crippen molar-refractivity contribution in [3.05, 3.63) is 29.5 Å². The van der Waals surface area contributed by atoms with Gasteiger partial charge in [-0.1, -0.05) is 17.4 Å². The van der Waals surface area contributed by atoms with Crippen LogP contribution in [-0.2, 0) is 10.0 Å². The van der Waals surface area contributed by atoms with Gasteiger partial charge in [-0.2, -0.15) is 9.98 Å². The maximum absolute atomic E-state index is 13.4. The summed E-state index contributed by atoms with van der Waals surface area (Å²) in [5.41, 5.74) is -0.538. The zero-order chi connectivity index (χ0) is 29.3. The van der Waals surface area contributed by atoms with Crippen molar-refractivity contribution in [3.63, 3.8) is 0 Å². The molecule has 0 radical (unpaired) electrons. The smallest absolute Gasteiger partial charge is 0.407 e. The second kappa shape index (κ2) is 9.53. The summed E-state index contributed by atoms with van der Waals surface area (Å²) in [6, 6.07) is 5.75. The summed E-state index contributed by atoms with van der Waals surface area (Å²) in [7, 11) is -4.11. The van der Waals surface area contributed by atoms with Crippen molar-refractivity contribution in [2.75, 3.05) is 18.0 Å². The third-order valence-electron chi connectivity index (χ3n) is 7.41. The average Bonchev–Trinajstić information content (AvgIpc) is 3.37. The van der Waals surface area contributed by atoms with Crippen LogP contribution in [0.4, 0.5) is 19.4 Å². The van der Waals surface area contributed by atoms with Gasteiger partial charge >= 0.3 is 6.09 Å². The minimum atomic E-state index is -4.11. The van der Waals surface area contributed by atoms with Crippen LogP contribution < -0.4 is 9.62 Å². The predicted molar refractivity (Wildman–Crippen MR) is 144 cm³/mol. The van der Waals surface area contributed by atoms with E-state index in [0.29, 0.717) is 58.5 Å². The summed E-state index contributed by atoms with van der Waals surface area (Å²) in [6.45, 7) is 4.21. The molecule has 214 valence electrons. The molecule has 17 heteroatoms. The highest BCUT2D eigenvalue weighted by atomic mass is 32.2. The first kappa shape index (κ1) is 27.2. The summed E-state index contributed by atoms with van der Waals surface area (Å²) < 4.78 is 57.3. The number of rotatable bonds is 6. The van der Waals surface area contributed by atoms with Gasteiger partial charge < -0.3 is 14.9 Å². The molecule has 1 aliphatic heterocycles. The SMILES string of the molecule is C[C@@H]1CN(C(=O)O)[C@@H](C)CN1c1ncnc2c1c1ccc(S(=O)(=O)NC3(C#N)CC3)cc1n2-c1nnc(C(F)F)s1. The van der Waals surface area contributed by atoms with E-state index in [-0.39, 0.29) is 28.7 Å².